The second-order valence-corrected chi connectivity index (χ2v) is 17.1. The highest BCUT2D eigenvalue weighted by Crippen LogP contribution is 2.14. The van der Waals surface area contributed by atoms with E-state index < -0.39 is 6.10 Å². The predicted molar refractivity (Wildman–Crippen MR) is 256 cm³/mol. The molecule has 1 unspecified atom stereocenters. The Morgan fingerprint density at radius 3 is 0.983 bits per heavy atom. The maximum atomic E-state index is 12.7. The quantitative estimate of drug-likeness (QED) is 0.0263. The molecular formula is C54H96O6. The molecule has 0 aliphatic carbocycles. The molecule has 0 rings (SSSR count). The highest BCUT2D eigenvalue weighted by atomic mass is 16.6. The van der Waals surface area contributed by atoms with Gasteiger partial charge in [0.1, 0.15) is 13.2 Å². The van der Waals surface area contributed by atoms with Crippen molar-refractivity contribution in [3.63, 3.8) is 0 Å². The van der Waals surface area contributed by atoms with Gasteiger partial charge in [0.05, 0.1) is 0 Å². The fourth-order valence-corrected chi connectivity index (χ4v) is 7.15. The minimum atomic E-state index is -0.776. The monoisotopic (exact) mass is 841 g/mol. The molecule has 0 N–H and O–H groups in total. The maximum Gasteiger partial charge on any atom is 0.306 e. The number of rotatable bonds is 46. The second-order valence-electron chi connectivity index (χ2n) is 17.1. The third-order valence-corrected chi connectivity index (χ3v) is 11.1. The first kappa shape index (κ1) is 57.4. The van der Waals surface area contributed by atoms with Crippen LogP contribution >= 0.6 is 0 Å². The summed E-state index contributed by atoms with van der Waals surface area (Å²) in [6, 6.07) is 0. The van der Waals surface area contributed by atoms with Gasteiger partial charge in [-0.3, -0.25) is 14.4 Å². The lowest BCUT2D eigenvalue weighted by molar-refractivity contribution is -0.167. The summed E-state index contributed by atoms with van der Waals surface area (Å²) in [6.07, 6.45) is 58.4. The molecule has 0 aliphatic rings. The molecule has 0 saturated carbocycles. The molecule has 6 nitrogen and oxygen atoms in total. The molecule has 0 amide bonds. The van der Waals surface area contributed by atoms with Crippen LogP contribution in [0.15, 0.2) is 48.6 Å². The van der Waals surface area contributed by atoms with Gasteiger partial charge in [-0.15, -0.1) is 0 Å². The van der Waals surface area contributed by atoms with Crippen LogP contribution in [-0.2, 0) is 28.6 Å². The molecule has 1 atom stereocenters. The lowest BCUT2D eigenvalue weighted by Crippen LogP contribution is -2.30. The third kappa shape index (κ3) is 46.4. The van der Waals surface area contributed by atoms with Crippen LogP contribution in [0.25, 0.3) is 0 Å². The Morgan fingerprint density at radius 2 is 0.600 bits per heavy atom. The fourth-order valence-electron chi connectivity index (χ4n) is 7.15. The van der Waals surface area contributed by atoms with Crippen molar-refractivity contribution in [2.45, 2.75) is 264 Å². The number of ether oxygens (including phenoxy) is 3. The topological polar surface area (TPSA) is 78.9 Å². The van der Waals surface area contributed by atoms with Crippen LogP contribution in [0.5, 0.6) is 0 Å². The van der Waals surface area contributed by atoms with E-state index in [1.165, 1.54) is 135 Å². The van der Waals surface area contributed by atoms with Crippen molar-refractivity contribution in [2.24, 2.45) is 0 Å². The largest absolute Gasteiger partial charge is 0.462 e. The Bertz CT molecular complexity index is 1060. The molecule has 0 bridgehead atoms. The van der Waals surface area contributed by atoms with Crippen LogP contribution in [0.2, 0.25) is 0 Å². The normalized spacial score (nSPS) is 12.4. The van der Waals surface area contributed by atoms with Crippen molar-refractivity contribution >= 4 is 17.9 Å². The van der Waals surface area contributed by atoms with Crippen LogP contribution in [0.4, 0.5) is 0 Å². The van der Waals surface area contributed by atoms with E-state index in [4.69, 9.17) is 14.2 Å². The third-order valence-electron chi connectivity index (χ3n) is 11.1. The van der Waals surface area contributed by atoms with Gasteiger partial charge in [0.2, 0.25) is 0 Å². The van der Waals surface area contributed by atoms with Crippen LogP contribution in [0.1, 0.15) is 258 Å². The van der Waals surface area contributed by atoms with Gasteiger partial charge in [-0.25, -0.2) is 0 Å². The van der Waals surface area contributed by atoms with E-state index in [1.807, 2.05) is 0 Å². The zero-order valence-electron chi connectivity index (χ0n) is 39.7. The van der Waals surface area contributed by atoms with Crippen molar-refractivity contribution < 1.29 is 28.6 Å². The average molecular weight is 841 g/mol. The van der Waals surface area contributed by atoms with Gasteiger partial charge in [0.25, 0.3) is 0 Å². The molecule has 6 heteroatoms. The second kappa shape index (κ2) is 49.0. The van der Waals surface area contributed by atoms with E-state index in [2.05, 4.69) is 69.4 Å². The Balaban J connectivity index is 4.19. The number of carbonyl (C=O) groups is 3. The van der Waals surface area contributed by atoms with Gasteiger partial charge in [0, 0.05) is 19.3 Å². The average Bonchev–Trinajstić information content (AvgIpc) is 3.24. The first-order valence-corrected chi connectivity index (χ1v) is 25.6. The standard InChI is InChI=1S/C54H96O6/c1-4-7-10-13-15-17-19-21-23-25-27-29-30-32-34-36-38-41-44-47-53(56)59-50-51(49-58-52(55)46-43-40-12-9-6-3)60-54(57)48-45-42-39-37-35-33-31-28-26-24-22-20-18-16-14-11-8-5-2/h15,17,21,23-24,26-27,29,51H,4-14,16,18-20,22,25,28,30-50H2,1-3H3/b17-15-,23-21-,26-24-,29-27-. The molecule has 348 valence electrons. The van der Waals surface area contributed by atoms with Crippen LogP contribution in [0.3, 0.4) is 0 Å². The number of carbonyl (C=O) groups excluding carboxylic acids is 3. The van der Waals surface area contributed by atoms with Gasteiger partial charge in [-0.1, -0.05) is 204 Å². The van der Waals surface area contributed by atoms with Crippen molar-refractivity contribution in [2.75, 3.05) is 13.2 Å². The van der Waals surface area contributed by atoms with Gasteiger partial charge in [-0.2, -0.15) is 0 Å². The van der Waals surface area contributed by atoms with Gasteiger partial charge < -0.3 is 14.2 Å². The molecule has 0 aromatic heterocycles. The zero-order chi connectivity index (χ0) is 43.7. The Kier molecular flexibility index (Phi) is 46.9. The van der Waals surface area contributed by atoms with E-state index in [9.17, 15) is 14.4 Å². The van der Waals surface area contributed by atoms with Crippen LogP contribution in [0, 0.1) is 0 Å². The minimum absolute atomic E-state index is 0.0795. The lowest BCUT2D eigenvalue weighted by Gasteiger charge is -2.18. The van der Waals surface area contributed by atoms with Crippen molar-refractivity contribution in [3.8, 4) is 0 Å². The number of unbranched alkanes of at least 4 members (excludes halogenated alkanes) is 27. The molecule has 0 aromatic carbocycles. The highest BCUT2D eigenvalue weighted by Gasteiger charge is 2.19. The summed E-state index contributed by atoms with van der Waals surface area (Å²) >= 11 is 0. The molecule has 0 saturated heterocycles. The summed E-state index contributed by atoms with van der Waals surface area (Å²) in [5.74, 6) is -0.905. The molecule has 0 aliphatic heterocycles. The molecule has 0 radical (unpaired) electrons. The SMILES string of the molecule is CCCCC/C=C\C/C=C\C/C=C\CCCCCCCCC(=O)OCC(COC(=O)CCCCCCC)OC(=O)CCCCCCCCC/C=C\CCCCCCCCC. The summed E-state index contributed by atoms with van der Waals surface area (Å²) in [5.41, 5.74) is 0. The minimum Gasteiger partial charge on any atom is -0.462 e. The fraction of sp³-hybridized carbons (Fsp3) is 0.796. The van der Waals surface area contributed by atoms with Gasteiger partial charge in [-0.05, 0) is 83.5 Å². The van der Waals surface area contributed by atoms with Crippen molar-refractivity contribution in [1.82, 2.24) is 0 Å². The summed E-state index contributed by atoms with van der Waals surface area (Å²) in [5, 5.41) is 0. The maximum absolute atomic E-state index is 12.7. The number of hydrogen-bond acceptors (Lipinski definition) is 6. The predicted octanol–water partition coefficient (Wildman–Crippen LogP) is 16.7. The molecule has 0 fully saturated rings. The van der Waals surface area contributed by atoms with E-state index in [0.717, 1.165) is 83.5 Å². The lowest BCUT2D eigenvalue weighted by atomic mass is 10.1. The summed E-state index contributed by atoms with van der Waals surface area (Å²) in [6.45, 7) is 6.52. The van der Waals surface area contributed by atoms with Crippen LogP contribution in [-0.4, -0.2) is 37.2 Å². The first-order valence-electron chi connectivity index (χ1n) is 25.6. The summed E-state index contributed by atoms with van der Waals surface area (Å²) in [7, 11) is 0. The smallest absolute Gasteiger partial charge is 0.306 e. The van der Waals surface area contributed by atoms with E-state index in [1.54, 1.807) is 0 Å². The van der Waals surface area contributed by atoms with Gasteiger partial charge in [0.15, 0.2) is 6.10 Å². The molecular weight excluding hydrogens is 745 g/mol. The summed E-state index contributed by atoms with van der Waals surface area (Å²) in [4.78, 5) is 37.6. The van der Waals surface area contributed by atoms with E-state index >= 15 is 0 Å². The number of allylic oxidation sites excluding steroid dienone is 8. The summed E-state index contributed by atoms with van der Waals surface area (Å²) < 4.78 is 16.7. The van der Waals surface area contributed by atoms with Crippen molar-refractivity contribution in [1.29, 1.82) is 0 Å². The molecule has 0 spiro atoms. The Morgan fingerprint density at radius 1 is 0.333 bits per heavy atom. The highest BCUT2D eigenvalue weighted by molar-refractivity contribution is 5.71. The first-order chi connectivity index (χ1) is 29.5. The van der Waals surface area contributed by atoms with E-state index in [-0.39, 0.29) is 31.1 Å². The van der Waals surface area contributed by atoms with E-state index in [0.29, 0.717) is 19.3 Å². The molecule has 0 heterocycles. The number of hydrogen-bond donors (Lipinski definition) is 0. The number of esters is 3. The van der Waals surface area contributed by atoms with Crippen molar-refractivity contribution in [3.05, 3.63) is 48.6 Å². The van der Waals surface area contributed by atoms with Gasteiger partial charge >= 0.3 is 17.9 Å². The Hall–Kier alpha value is -2.63. The molecule has 60 heavy (non-hydrogen) atoms. The molecule has 0 aromatic rings. The Labute approximate surface area is 371 Å². The zero-order valence-corrected chi connectivity index (χ0v) is 39.7. The van der Waals surface area contributed by atoms with Crippen LogP contribution < -0.4 is 0 Å².